The Morgan fingerprint density at radius 3 is 2.68 bits per heavy atom. The summed E-state index contributed by atoms with van der Waals surface area (Å²) in [7, 11) is 0. The van der Waals surface area contributed by atoms with Crippen LogP contribution in [0, 0.1) is 13.8 Å². The van der Waals surface area contributed by atoms with Crippen molar-refractivity contribution in [2.75, 3.05) is 6.54 Å². The molecule has 0 spiro atoms. The van der Waals surface area contributed by atoms with E-state index in [2.05, 4.69) is 10.2 Å². The van der Waals surface area contributed by atoms with Crippen LogP contribution in [-0.2, 0) is 13.1 Å². The second-order valence-electron chi connectivity index (χ2n) is 5.43. The minimum absolute atomic E-state index is 0.0314. The molecule has 114 valence electrons. The van der Waals surface area contributed by atoms with Crippen LogP contribution in [0.25, 0.3) is 0 Å². The zero-order chi connectivity index (χ0) is 15.9. The van der Waals surface area contributed by atoms with E-state index in [1.807, 2.05) is 32.0 Å². The largest absolute Gasteiger partial charge is 0.363 e. The zero-order valence-electron chi connectivity index (χ0n) is 12.5. The third-order valence-electron chi connectivity index (χ3n) is 4.10. The zero-order valence-corrected chi connectivity index (χ0v) is 12.5. The van der Waals surface area contributed by atoms with Crippen LogP contribution in [0.5, 0.6) is 0 Å². The highest BCUT2D eigenvalue weighted by molar-refractivity contribution is 5.96. The summed E-state index contributed by atoms with van der Waals surface area (Å²) < 4.78 is 1.68. The molecule has 1 aliphatic heterocycles. The maximum Gasteiger partial charge on any atom is 0.286 e. The van der Waals surface area contributed by atoms with Crippen LogP contribution in [0.15, 0.2) is 18.2 Å². The van der Waals surface area contributed by atoms with E-state index in [1.165, 1.54) is 0 Å². The number of aromatic nitrogens is 3. The number of aryl methyl sites for hydroxylation is 1. The van der Waals surface area contributed by atoms with Crippen molar-refractivity contribution in [3.8, 4) is 0 Å². The van der Waals surface area contributed by atoms with Gasteiger partial charge < -0.3 is 15.2 Å². The maximum atomic E-state index is 12.7. The molecule has 7 heteroatoms. The molecule has 2 amide bonds. The molecule has 7 nitrogen and oxygen atoms in total. The van der Waals surface area contributed by atoms with Gasteiger partial charge in [0.2, 0.25) is 5.82 Å². The van der Waals surface area contributed by atoms with Crippen LogP contribution >= 0.6 is 0 Å². The highest BCUT2D eigenvalue weighted by Crippen LogP contribution is 2.19. The predicted octanol–water partition coefficient (Wildman–Crippen LogP) is 0.650. The van der Waals surface area contributed by atoms with Gasteiger partial charge in [0.15, 0.2) is 5.82 Å². The molecule has 0 unspecified atom stereocenters. The van der Waals surface area contributed by atoms with Crippen molar-refractivity contribution in [1.82, 2.24) is 19.7 Å². The molecule has 2 heterocycles. The Kier molecular flexibility index (Phi) is 3.40. The van der Waals surface area contributed by atoms with Crippen molar-refractivity contribution in [3.63, 3.8) is 0 Å². The van der Waals surface area contributed by atoms with Crippen molar-refractivity contribution in [2.45, 2.75) is 26.9 Å². The first-order valence-corrected chi connectivity index (χ1v) is 7.06. The summed E-state index contributed by atoms with van der Waals surface area (Å²) in [5, 5.41) is 7.76. The lowest BCUT2D eigenvalue weighted by molar-refractivity contribution is 0.0705. The van der Waals surface area contributed by atoms with Gasteiger partial charge in [0.25, 0.3) is 11.8 Å². The Hall–Kier alpha value is -2.70. The minimum Gasteiger partial charge on any atom is -0.363 e. The average molecular weight is 299 g/mol. The number of hydrogen-bond donors (Lipinski definition) is 1. The fraction of sp³-hybridized carbons (Fsp3) is 0.333. The van der Waals surface area contributed by atoms with Gasteiger partial charge in [0.1, 0.15) is 0 Å². The smallest absolute Gasteiger partial charge is 0.286 e. The molecule has 3 rings (SSSR count). The van der Waals surface area contributed by atoms with E-state index in [-0.39, 0.29) is 11.7 Å². The van der Waals surface area contributed by atoms with Gasteiger partial charge in [-0.1, -0.05) is 12.1 Å². The van der Waals surface area contributed by atoms with Gasteiger partial charge in [0.05, 0.1) is 6.54 Å². The number of fused-ring (bicyclic) bond motifs is 1. The van der Waals surface area contributed by atoms with Crippen LogP contribution in [-0.4, -0.2) is 38.0 Å². The first kappa shape index (κ1) is 14.2. The lowest BCUT2D eigenvalue weighted by Gasteiger charge is -2.28. The van der Waals surface area contributed by atoms with Crippen LogP contribution in [0.2, 0.25) is 0 Å². The lowest BCUT2D eigenvalue weighted by atomic mass is 10.0. The normalized spacial score (nSPS) is 13.8. The molecule has 0 aliphatic carbocycles. The van der Waals surface area contributed by atoms with E-state index in [4.69, 9.17) is 5.73 Å². The number of hydrogen-bond acceptors (Lipinski definition) is 4. The standard InChI is InChI=1S/C15H17N5O2/c1-9-4-3-5-11(10(9)2)15(22)19-6-7-20-12(8-19)17-18-14(20)13(16)21/h3-5H,6-8H2,1-2H3,(H2,16,21). The fourth-order valence-electron chi connectivity index (χ4n) is 2.67. The molecule has 1 aliphatic rings. The van der Waals surface area contributed by atoms with Gasteiger partial charge in [-0.15, -0.1) is 10.2 Å². The first-order chi connectivity index (χ1) is 10.5. The molecular formula is C15H17N5O2. The van der Waals surface area contributed by atoms with Crippen molar-refractivity contribution >= 4 is 11.8 Å². The molecule has 2 aromatic rings. The molecular weight excluding hydrogens is 282 g/mol. The Morgan fingerprint density at radius 1 is 1.18 bits per heavy atom. The van der Waals surface area contributed by atoms with E-state index < -0.39 is 5.91 Å². The topological polar surface area (TPSA) is 94.1 Å². The molecule has 22 heavy (non-hydrogen) atoms. The average Bonchev–Trinajstić information content (AvgIpc) is 2.92. The van der Waals surface area contributed by atoms with Crippen LogP contribution in [0.1, 0.15) is 37.9 Å². The molecule has 1 aromatic carbocycles. The van der Waals surface area contributed by atoms with Gasteiger partial charge in [-0.25, -0.2) is 0 Å². The number of nitrogens with two attached hydrogens (primary N) is 1. The second-order valence-corrected chi connectivity index (χ2v) is 5.43. The Balaban J connectivity index is 1.87. The van der Waals surface area contributed by atoms with Crippen LogP contribution in [0.3, 0.4) is 0 Å². The molecule has 0 atom stereocenters. The van der Waals surface area contributed by atoms with Gasteiger partial charge in [-0.3, -0.25) is 9.59 Å². The van der Waals surface area contributed by atoms with E-state index in [0.29, 0.717) is 31.0 Å². The lowest BCUT2D eigenvalue weighted by Crippen LogP contribution is -2.39. The van der Waals surface area contributed by atoms with Gasteiger partial charge >= 0.3 is 0 Å². The highest BCUT2D eigenvalue weighted by Gasteiger charge is 2.27. The van der Waals surface area contributed by atoms with Gasteiger partial charge in [-0.05, 0) is 31.0 Å². The second kappa shape index (κ2) is 5.25. The fourth-order valence-corrected chi connectivity index (χ4v) is 2.67. The van der Waals surface area contributed by atoms with Crippen molar-refractivity contribution in [2.24, 2.45) is 5.73 Å². The summed E-state index contributed by atoms with van der Waals surface area (Å²) in [5.41, 5.74) is 8.03. The Morgan fingerprint density at radius 2 is 1.95 bits per heavy atom. The number of benzene rings is 1. The van der Waals surface area contributed by atoms with E-state index in [0.717, 1.165) is 11.1 Å². The number of nitrogens with zero attached hydrogens (tertiary/aromatic N) is 4. The highest BCUT2D eigenvalue weighted by atomic mass is 16.2. The summed E-state index contributed by atoms with van der Waals surface area (Å²) in [6.45, 7) is 5.22. The maximum absolute atomic E-state index is 12.7. The molecule has 0 radical (unpaired) electrons. The quantitative estimate of drug-likeness (QED) is 0.881. The molecule has 1 aromatic heterocycles. The van der Waals surface area contributed by atoms with E-state index in [9.17, 15) is 9.59 Å². The summed E-state index contributed by atoms with van der Waals surface area (Å²) in [5.74, 6) is 0.0941. The van der Waals surface area contributed by atoms with Gasteiger partial charge in [0, 0.05) is 18.7 Å². The van der Waals surface area contributed by atoms with Crippen molar-refractivity contribution < 1.29 is 9.59 Å². The summed E-state index contributed by atoms with van der Waals surface area (Å²) in [4.78, 5) is 25.7. The monoisotopic (exact) mass is 299 g/mol. The van der Waals surface area contributed by atoms with Crippen molar-refractivity contribution in [3.05, 3.63) is 46.5 Å². The third kappa shape index (κ3) is 2.24. The number of carbonyl (C=O) groups is 2. The first-order valence-electron chi connectivity index (χ1n) is 7.06. The molecule has 0 saturated carbocycles. The minimum atomic E-state index is -0.604. The number of primary amides is 1. The summed E-state index contributed by atoms with van der Waals surface area (Å²) >= 11 is 0. The van der Waals surface area contributed by atoms with Crippen LogP contribution < -0.4 is 5.73 Å². The van der Waals surface area contributed by atoms with Crippen molar-refractivity contribution in [1.29, 1.82) is 0 Å². The summed E-state index contributed by atoms with van der Waals surface area (Å²) in [6.07, 6.45) is 0. The third-order valence-corrected chi connectivity index (χ3v) is 4.10. The van der Waals surface area contributed by atoms with E-state index >= 15 is 0 Å². The molecule has 0 saturated heterocycles. The van der Waals surface area contributed by atoms with Gasteiger partial charge in [-0.2, -0.15) is 0 Å². The summed E-state index contributed by atoms with van der Waals surface area (Å²) in [6, 6.07) is 5.70. The number of rotatable bonds is 2. The Labute approximate surface area is 127 Å². The SMILES string of the molecule is Cc1cccc(C(=O)N2CCn3c(nnc3C(N)=O)C2)c1C. The molecule has 0 bridgehead atoms. The number of amides is 2. The number of carbonyl (C=O) groups excluding carboxylic acids is 2. The predicted molar refractivity (Wildman–Crippen MR) is 79.2 cm³/mol. The van der Waals surface area contributed by atoms with E-state index in [1.54, 1.807) is 9.47 Å². The molecule has 2 N–H and O–H groups in total. The van der Waals surface area contributed by atoms with Crippen LogP contribution in [0.4, 0.5) is 0 Å². The Bertz CT molecular complexity index is 765. The molecule has 0 fully saturated rings.